The minimum absolute atomic E-state index is 0.102. The van der Waals surface area contributed by atoms with E-state index in [2.05, 4.69) is 15.5 Å². The van der Waals surface area contributed by atoms with Crippen molar-refractivity contribution in [3.8, 4) is 11.5 Å². The topological polar surface area (TPSA) is 110 Å². The number of aromatic nitrogens is 2. The number of amides is 2. The van der Waals surface area contributed by atoms with E-state index < -0.39 is 0 Å². The van der Waals surface area contributed by atoms with Gasteiger partial charge in [-0.2, -0.15) is 5.10 Å². The summed E-state index contributed by atoms with van der Waals surface area (Å²) in [4.78, 5) is 27.0. The lowest BCUT2D eigenvalue weighted by Gasteiger charge is -2.31. The molecule has 0 radical (unpaired) electrons. The van der Waals surface area contributed by atoms with Gasteiger partial charge in [0.1, 0.15) is 11.5 Å². The Hall–Kier alpha value is -3.75. The summed E-state index contributed by atoms with van der Waals surface area (Å²) < 4.78 is 15.9. The van der Waals surface area contributed by atoms with E-state index in [9.17, 15) is 9.59 Å². The second kappa shape index (κ2) is 8.78. The second-order valence-corrected chi connectivity index (χ2v) is 7.99. The van der Waals surface area contributed by atoms with Gasteiger partial charge in [0.2, 0.25) is 12.7 Å². The van der Waals surface area contributed by atoms with E-state index in [1.165, 1.54) is 0 Å². The zero-order valence-corrected chi connectivity index (χ0v) is 17.5. The molecule has 2 aliphatic heterocycles. The van der Waals surface area contributed by atoms with Gasteiger partial charge in [-0.15, -0.1) is 0 Å². The SMILES string of the molecule is O=C(NCc1ccco1)c1cc(C2CCN(C(=O)Cc3ccc4c(c3)OCO4)CC2)[nH]n1. The first-order valence-corrected chi connectivity index (χ1v) is 10.7. The second-order valence-electron chi connectivity index (χ2n) is 7.99. The highest BCUT2D eigenvalue weighted by atomic mass is 16.7. The van der Waals surface area contributed by atoms with Crippen molar-refractivity contribution in [1.29, 1.82) is 0 Å². The standard InChI is InChI=1S/C23H24N4O5/c28-22(11-15-3-4-20-21(10-15)32-14-31-20)27-7-5-16(6-8-27)18-12-19(26-25-18)23(29)24-13-17-2-1-9-30-17/h1-4,9-10,12,16H,5-8,11,13-14H2,(H,24,29)(H,25,26). The van der Waals surface area contributed by atoms with Crippen LogP contribution >= 0.6 is 0 Å². The van der Waals surface area contributed by atoms with Gasteiger partial charge in [0, 0.05) is 24.7 Å². The van der Waals surface area contributed by atoms with Crippen LogP contribution in [-0.2, 0) is 17.8 Å². The Kier molecular flexibility index (Phi) is 5.53. The number of ether oxygens (including phenoxy) is 2. The summed E-state index contributed by atoms with van der Waals surface area (Å²) in [6.07, 6.45) is 3.55. The number of rotatable bonds is 6. The van der Waals surface area contributed by atoms with Crippen molar-refractivity contribution in [1.82, 2.24) is 20.4 Å². The summed E-state index contributed by atoms with van der Waals surface area (Å²) >= 11 is 0. The van der Waals surface area contributed by atoms with Crippen molar-refractivity contribution >= 4 is 11.8 Å². The molecule has 0 saturated carbocycles. The minimum Gasteiger partial charge on any atom is -0.467 e. The Labute approximate surface area is 184 Å². The van der Waals surface area contributed by atoms with Crippen molar-refractivity contribution in [2.45, 2.75) is 31.7 Å². The molecule has 0 unspecified atom stereocenters. The first-order valence-electron chi connectivity index (χ1n) is 10.7. The molecule has 166 valence electrons. The molecule has 2 aromatic heterocycles. The van der Waals surface area contributed by atoms with Gasteiger partial charge in [-0.25, -0.2) is 0 Å². The summed E-state index contributed by atoms with van der Waals surface area (Å²) in [5, 5.41) is 9.95. The Morgan fingerprint density at radius 2 is 1.97 bits per heavy atom. The molecule has 2 N–H and O–H groups in total. The lowest BCUT2D eigenvalue weighted by molar-refractivity contribution is -0.131. The number of furan rings is 1. The molecule has 4 heterocycles. The van der Waals surface area contributed by atoms with Gasteiger partial charge in [0.15, 0.2) is 11.5 Å². The number of carbonyl (C=O) groups is 2. The van der Waals surface area contributed by atoms with Crippen LogP contribution in [0.3, 0.4) is 0 Å². The van der Waals surface area contributed by atoms with Crippen LogP contribution in [0.1, 0.15) is 46.3 Å². The number of likely N-dealkylation sites (tertiary alicyclic amines) is 1. The number of aromatic amines is 1. The number of piperidine rings is 1. The average molecular weight is 436 g/mol. The van der Waals surface area contributed by atoms with Crippen molar-refractivity contribution in [3.63, 3.8) is 0 Å². The predicted molar refractivity (Wildman–Crippen MR) is 113 cm³/mol. The fourth-order valence-electron chi connectivity index (χ4n) is 4.11. The van der Waals surface area contributed by atoms with E-state index >= 15 is 0 Å². The molecule has 0 atom stereocenters. The number of hydrogen-bond donors (Lipinski definition) is 2. The van der Waals surface area contributed by atoms with Crippen LogP contribution < -0.4 is 14.8 Å². The molecule has 2 amide bonds. The van der Waals surface area contributed by atoms with Gasteiger partial charge < -0.3 is 24.1 Å². The Morgan fingerprint density at radius 3 is 2.78 bits per heavy atom. The highest BCUT2D eigenvalue weighted by Crippen LogP contribution is 2.33. The molecule has 1 saturated heterocycles. The Balaban J connectivity index is 1.12. The number of benzene rings is 1. The summed E-state index contributed by atoms with van der Waals surface area (Å²) in [5.41, 5.74) is 2.20. The molecule has 0 spiro atoms. The lowest BCUT2D eigenvalue weighted by Crippen LogP contribution is -2.38. The van der Waals surface area contributed by atoms with Crippen LogP contribution in [0.4, 0.5) is 0 Å². The first-order chi connectivity index (χ1) is 15.7. The van der Waals surface area contributed by atoms with Gasteiger partial charge in [-0.1, -0.05) is 6.07 Å². The van der Waals surface area contributed by atoms with Crippen molar-refractivity contribution < 1.29 is 23.5 Å². The third-order valence-corrected chi connectivity index (χ3v) is 5.91. The third-order valence-electron chi connectivity index (χ3n) is 5.91. The summed E-state index contributed by atoms with van der Waals surface area (Å²) in [6, 6.07) is 11.0. The smallest absolute Gasteiger partial charge is 0.272 e. The van der Waals surface area contributed by atoms with Gasteiger partial charge in [0.05, 0.1) is 19.2 Å². The van der Waals surface area contributed by atoms with Crippen LogP contribution in [0.15, 0.2) is 47.1 Å². The summed E-state index contributed by atoms with van der Waals surface area (Å²) in [6.45, 7) is 1.89. The maximum absolute atomic E-state index is 12.7. The minimum atomic E-state index is -0.250. The molecule has 0 bridgehead atoms. The first kappa shape index (κ1) is 20.2. The van der Waals surface area contributed by atoms with Gasteiger partial charge in [-0.3, -0.25) is 14.7 Å². The highest BCUT2D eigenvalue weighted by Gasteiger charge is 2.26. The van der Waals surface area contributed by atoms with Gasteiger partial charge >= 0.3 is 0 Å². The predicted octanol–water partition coefficient (Wildman–Crippen LogP) is 2.61. The quantitative estimate of drug-likeness (QED) is 0.615. The zero-order valence-electron chi connectivity index (χ0n) is 17.5. The molecule has 32 heavy (non-hydrogen) atoms. The average Bonchev–Trinajstić information content (AvgIpc) is 3.59. The van der Waals surface area contributed by atoms with Crippen molar-refractivity contribution in [3.05, 3.63) is 65.4 Å². The molecule has 0 aliphatic carbocycles. The number of nitrogens with one attached hydrogen (secondary N) is 2. The summed E-state index contributed by atoms with van der Waals surface area (Å²) in [5.74, 6) is 2.19. The fourth-order valence-corrected chi connectivity index (χ4v) is 4.11. The third kappa shape index (κ3) is 4.32. The summed E-state index contributed by atoms with van der Waals surface area (Å²) in [7, 11) is 0. The molecule has 1 fully saturated rings. The molecule has 5 rings (SSSR count). The highest BCUT2D eigenvalue weighted by molar-refractivity contribution is 5.92. The molecule has 3 aromatic rings. The van der Waals surface area contributed by atoms with Gasteiger partial charge in [0.25, 0.3) is 5.91 Å². The van der Waals surface area contributed by atoms with E-state index in [0.717, 1.165) is 29.8 Å². The van der Waals surface area contributed by atoms with Crippen LogP contribution in [0.25, 0.3) is 0 Å². The van der Waals surface area contributed by atoms with Crippen molar-refractivity contribution in [2.75, 3.05) is 19.9 Å². The fraction of sp³-hybridized carbons (Fsp3) is 0.348. The van der Waals surface area contributed by atoms with E-state index in [1.54, 1.807) is 24.5 Å². The Bertz CT molecular complexity index is 1100. The van der Waals surface area contributed by atoms with Crippen LogP contribution in [0, 0.1) is 0 Å². The van der Waals surface area contributed by atoms with Crippen LogP contribution in [-0.4, -0.2) is 46.8 Å². The molecule has 9 heteroatoms. The molecule has 1 aromatic carbocycles. The van der Waals surface area contributed by atoms with Gasteiger partial charge in [-0.05, 0) is 48.7 Å². The van der Waals surface area contributed by atoms with E-state index in [-0.39, 0.29) is 24.5 Å². The van der Waals surface area contributed by atoms with E-state index in [0.29, 0.717) is 43.3 Å². The molecule has 2 aliphatic rings. The Morgan fingerprint density at radius 1 is 1.12 bits per heavy atom. The molecular weight excluding hydrogens is 412 g/mol. The zero-order chi connectivity index (χ0) is 21.9. The number of fused-ring (bicyclic) bond motifs is 1. The number of hydrogen-bond acceptors (Lipinski definition) is 6. The van der Waals surface area contributed by atoms with Crippen molar-refractivity contribution in [2.24, 2.45) is 0 Å². The number of carbonyl (C=O) groups excluding carboxylic acids is 2. The van der Waals surface area contributed by atoms with E-state index in [4.69, 9.17) is 13.9 Å². The lowest BCUT2D eigenvalue weighted by atomic mass is 9.93. The molecule has 9 nitrogen and oxygen atoms in total. The van der Waals surface area contributed by atoms with Crippen LogP contribution in [0.2, 0.25) is 0 Å². The monoisotopic (exact) mass is 436 g/mol. The molecular formula is C23H24N4O5. The largest absolute Gasteiger partial charge is 0.467 e. The normalized spacial score (nSPS) is 15.7. The maximum Gasteiger partial charge on any atom is 0.272 e. The van der Waals surface area contributed by atoms with Crippen LogP contribution in [0.5, 0.6) is 11.5 Å². The maximum atomic E-state index is 12.7. The number of nitrogens with zero attached hydrogens (tertiary/aromatic N) is 2. The van der Waals surface area contributed by atoms with E-state index in [1.807, 2.05) is 23.1 Å². The number of H-pyrrole nitrogens is 1.